The first kappa shape index (κ1) is 22.7. The number of carbonyl (C=O) groups excluding carboxylic acids is 2. The number of pyridine rings is 1. The number of rotatable bonds is 5. The van der Waals surface area contributed by atoms with E-state index in [9.17, 15) is 9.59 Å². The summed E-state index contributed by atoms with van der Waals surface area (Å²) in [5.74, 6) is 0.417. The first-order chi connectivity index (χ1) is 17.5. The Kier molecular flexibility index (Phi) is 5.48. The molecule has 0 atom stereocenters. The van der Waals surface area contributed by atoms with E-state index in [2.05, 4.69) is 27.5 Å². The fraction of sp³-hybridized carbons (Fsp3) is 0.286. The van der Waals surface area contributed by atoms with Crippen LogP contribution in [0.5, 0.6) is 0 Å². The number of amides is 2. The third kappa shape index (κ3) is 3.82. The second kappa shape index (κ2) is 8.71. The van der Waals surface area contributed by atoms with Crippen molar-refractivity contribution in [1.29, 1.82) is 0 Å². The van der Waals surface area contributed by atoms with Crippen molar-refractivity contribution in [2.24, 2.45) is 5.41 Å². The highest BCUT2D eigenvalue weighted by Crippen LogP contribution is 2.55. The van der Waals surface area contributed by atoms with Crippen LogP contribution in [0.15, 0.2) is 67.5 Å². The van der Waals surface area contributed by atoms with Gasteiger partial charge in [0, 0.05) is 42.0 Å². The molecule has 1 aliphatic heterocycles. The lowest BCUT2D eigenvalue weighted by molar-refractivity contribution is -0.125. The van der Waals surface area contributed by atoms with E-state index in [1.54, 1.807) is 6.20 Å². The molecule has 1 N–H and O–H groups in total. The summed E-state index contributed by atoms with van der Waals surface area (Å²) in [7, 11) is 0. The standard InChI is InChI=1S/C28H27N5O2S/c1-3-25(34)32-13-11-28(17-32)14-19(15-28)33-22-7-5-4-6-21(22)30-27(33)31-26(35)24-9-8-23(36-24)20-16-29-12-10-18(20)2/h3-10,12,16,19H,1,11,13-15,17H2,2H3,(H,30,31,35). The molecule has 36 heavy (non-hydrogen) atoms. The second-order valence-electron chi connectivity index (χ2n) is 9.88. The molecular weight excluding hydrogens is 470 g/mol. The Balaban J connectivity index is 1.25. The van der Waals surface area contributed by atoms with Gasteiger partial charge in [0.2, 0.25) is 11.9 Å². The summed E-state index contributed by atoms with van der Waals surface area (Å²) in [5.41, 5.74) is 4.18. The number of hydrogen-bond acceptors (Lipinski definition) is 5. The molecule has 2 aliphatic rings. The molecular formula is C28H27N5O2S. The van der Waals surface area contributed by atoms with E-state index < -0.39 is 0 Å². The molecule has 1 spiro atoms. The topological polar surface area (TPSA) is 80.1 Å². The van der Waals surface area contributed by atoms with E-state index >= 15 is 0 Å². The van der Waals surface area contributed by atoms with Gasteiger partial charge in [-0.15, -0.1) is 11.3 Å². The number of aromatic nitrogens is 3. The predicted molar refractivity (Wildman–Crippen MR) is 142 cm³/mol. The highest BCUT2D eigenvalue weighted by atomic mass is 32.1. The SMILES string of the molecule is C=CC(=O)N1CCC2(CC(n3c(NC(=O)c4ccc(-c5cnccc5C)s4)nc4ccccc43)C2)C1. The van der Waals surface area contributed by atoms with E-state index in [0.717, 1.165) is 59.4 Å². The molecule has 1 saturated carbocycles. The number of nitrogens with one attached hydrogen (secondary N) is 1. The molecule has 0 radical (unpaired) electrons. The van der Waals surface area contributed by atoms with Crippen LogP contribution in [-0.4, -0.2) is 44.3 Å². The van der Waals surface area contributed by atoms with Crippen molar-refractivity contribution in [3.05, 3.63) is 78.0 Å². The minimum absolute atomic E-state index is 0.00755. The minimum Gasteiger partial charge on any atom is -0.339 e. The lowest BCUT2D eigenvalue weighted by Crippen LogP contribution is -2.42. The number of para-hydroxylation sites is 2. The van der Waals surface area contributed by atoms with Crippen LogP contribution in [0.25, 0.3) is 21.5 Å². The van der Waals surface area contributed by atoms with Crippen LogP contribution >= 0.6 is 11.3 Å². The van der Waals surface area contributed by atoms with Crippen LogP contribution in [0.3, 0.4) is 0 Å². The molecule has 1 aromatic carbocycles. The molecule has 4 aromatic rings. The molecule has 182 valence electrons. The Morgan fingerprint density at radius 1 is 1.19 bits per heavy atom. The fourth-order valence-corrected chi connectivity index (χ4v) is 6.68. The van der Waals surface area contributed by atoms with Gasteiger partial charge in [-0.2, -0.15) is 0 Å². The first-order valence-electron chi connectivity index (χ1n) is 12.2. The second-order valence-corrected chi connectivity index (χ2v) is 11.0. The molecule has 0 unspecified atom stereocenters. The largest absolute Gasteiger partial charge is 0.339 e. The summed E-state index contributed by atoms with van der Waals surface area (Å²) in [6.07, 6.45) is 7.93. The smallest absolute Gasteiger partial charge is 0.268 e. The van der Waals surface area contributed by atoms with E-state index in [1.807, 2.05) is 54.4 Å². The third-order valence-electron chi connectivity index (χ3n) is 7.58. The van der Waals surface area contributed by atoms with E-state index in [-0.39, 0.29) is 23.3 Å². The van der Waals surface area contributed by atoms with Crippen molar-refractivity contribution in [3.8, 4) is 10.4 Å². The van der Waals surface area contributed by atoms with Gasteiger partial charge in [0.05, 0.1) is 15.9 Å². The normalized spacial score (nSPS) is 21.0. The molecule has 2 amide bonds. The van der Waals surface area contributed by atoms with Crippen molar-refractivity contribution in [3.63, 3.8) is 0 Å². The minimum atomic E-state index is -0.165. The summed E-state index contributed by atoms with van der Waals surface area (Å²) < 4.78 is 2.18. The van der Waals surface area contributed by atoms with Crippen LogP contribution in [0.1, 0.15) is 40.5 Å². The van der Waals surface area contributed by atoms with Crippen molar-refractivity contribution in [1.82, 2.24) is 19.4 Å². The molecule has 1 aliphatic carbocycles. The van der Waals surface area contributed by atoms with Gasteiger partial charge in [-0.1, -0.05) is 18.7 Å². The Labute approximate surface area is 213 Å². The summed E-state index contributed by atoms with van der Waals surface area (Å²) in [5, 5.41) is 3.09. The number of fused-ring (bicyclic) bond motifs is 1. The van der Waals surface area contributed by atoms with Crippen LogP contribution in [-0.2, 0) is 4.79 Å². The Morgan fingerprint density at radius 2 is 2.03 bits per heavy atom. The maximum absolute atomic E-state index is 13.3. The van der Waals surface area contributed by atoms with Gasteiger partial charge in [-0.25, -0.2) is 4.98 Å². The van der Waals surface area contributed by atoms with Crippen LogP contribution in [0.2, 0.25) is 0 Å². The zero-order valence-electron chi connectivity index (χ0n) is 20.1. The number of aryl methyl sites for hydroxylation is 1. The number of carbonyl (C=O) groups is 2. The molecule has 2 fully saturated rings. The molecule has 0 bridgehead atoms. The number of anilines is 1. The predicted octanol–water partition coefficient (Wildman–Crippen LogP) is 5.46. The Morgan fingerprint density at radius 3 is 2.83 bits per heavy atom. The highest BCUT2D eigenvalue weighted by Gasteiger charge is 2.50. The maximum atomic E-state index is 13.3. The molecule has 6 rings (SSSR count). The number of likely N-dealkylation sites (tertiary alicyclic amines) is 1. The number of thiophene rings is 1. The van der Waals surface area contributed by atoms with Gasteiger partial charge in [0.15, 0.2) is 0 Å². The zero-order valence-corrected chi connectivity index (χ0v) is 20.9. The van der Waals surface area contributed by atoms with Crippen molar-refractivity contribution < 1.29 is 9.59 Å². The van der Waals surface area contributed by atoms with Gasteiger partial charge in [0.25, 0.3) is 5.91 Å². The lowest BCUT2D eigenvalue weighted by atomic mass is 9.65. The average molecular weight is 498 g/mol. The number of hydrogen-bond donors (Lipinski definition) is 1. The quantitative estimate of drug-likeness (QED) is 0.371. The van der Waals surface area contributed by atoms with Gasteiger partial charge in [0.1, 0.15) is 0 Å². The Hall–Kier alpha value is -3.78. The van der Waals surface area contributed by atoms with Crippen molar-refractivity contribution >= 4 is 40.1 Å². The van der Waals surface area contributed by atoms with E-state index in [1.165, 1.54) is 17.4 Å². The number of nitrogens with zero attached hydrogens (tertiary/aromatic N) is 4. The first-order valence-corrected chi connectivity index (χ1v) is 13.0. The van der Waals surface area contributed by atoms with Gasteiger partial charge in [-0.05, 0) is 73.6 Å². The fourth-order valence-electron chi connectivity index (χ4n) is 5.70. The van der Waals surface area contributed by atoms with E-state index in [4.69, 9.17) is 4.98 Å². The molecule has 8 heteroatoms. The molecule has 4 heterocycles. The van der Waals surface area contributed by atoms with Gasteiger partial charge >= 0.3 is 0 Å². The Bertz CT molecular complexity index is 1500. The monoisotopic (exact) mass is 497 g/mol. The lowest BCUT2D eigenvalue weighted by Gasteiger charge is -2.46. The third-order valence-corrected chi connectivity index (χ3v) is 8.70. The van der Waals surface area contributed by atoms with Crippen LogP contribution in [0.4, 0.5) is 5.95 Å². The average Bonchev–Trinajstić information content (AvgIpc) is 3.60. The van der Waals surface area contributed by atoms with Gasteiger partial charge in [-0.3, -0.25) is 19.9 Å². The summed E-state index contributed by atoms with van der Waals surface area (Å²) in [6.45, 7) is 7.22. The number of benzene rings is 1. The highest BCUT2D eigenvalue weighted by molar-refractivity contribution is 7.17. The van der Waals surface area contributed by atoms with Crippen molar-refractivity contribution in [2.45, 2.75) is 32.2 Å². The number of imidazole rings is 1. The van der Waals surface area contributed by atoms with Crippen molar-refractivity contribution in [2.75, 3.05) is 18.4 Å². The summed E-state index contributed by atoms with van der Waals surface area (Å²) in [4.78, 5) is 37.9. The van der Waals surface area contributed by atoms with Gasteiger partial charge < -0.3 is 9.47 Å². The molecule has 1 saturated heterocycles. The molecule has 7 nitrogen and oxygen atoms in total. The summed E-state index contributed by atoms with van der Waals surface area (Å²) in [6, 6.07) is 14.0. The zero-order chi connectivity index (χ0) is 24.9. The van der Waals surface area contributed by atoms with Crippen LogP contribution < -0.4 is 5.32 Å². The van der Waals surface area contributed by atoms with E-state index in [0.29, 0.717) is 10.8 Å². The summed E-state index contributed by atoms with van der Waals surface area (Å²) >= 11 is 1.45. The van der Waals surface area contributed by atoms with Crippen LogP contribution in [0, 0.1) is 12.3 Å². The maximum Gasteiger partial charge on any atom is 0.268 e. The molecule has 3 aromatic heterocycles.